The number of fused-ring (bicyclic) bond motifs is 1. The van der Waals surface area contributed by atoms with E-state index < -0.39 is 0 Å². The van der Waals surface area contributed by atoms with Crippen LogP contribution in [0.4, 0.5) is 11.4 Å². The smallest absolute Gasteiger partial charge is 0.0962 e. The molecular weight excluding hydrogens is 188 g/mol. The minimum Gasteiger partial charge on any atom is -0.302 e. The summed E-state index contributed by atoms with van der Waals surface area (Å²) in [6.45, 7) is 9.97. The molecule has 1 aromatic heterocycles. The summed E-state index contributed by atoms with van der Waals surface area (Å²) in [5.74, 6) is 0. The summed E-state index contributed by atoms with van der Waals surface area (Å²) in [6, 6.07) is 2.01. The average molecular weight is 210 g/mol. The first-order valence-electron chi connectivity index (χ1n) is 5.49. The molecule has 0 aromatic carbocycles. The van der Waals surface area contributed by atoms with E-state index in [9.17, 15) is 0 Å². The van der Waals surface area contributed by atoms with Crippen LogP contribution in [-0.2, 0) is 0 Å². The summed E-state index contributed by atoms with van der Waals surface area (Å²) in [4.78, 5) is 4.18. The molecule has 0 bridgehead atoms. The van der Waals surface area contributed by atoms with E-state index in [4.69, 9.17) is 0 Å². The van der Waals surface area contributed by atoms with Crippen molar-refractivity contribution in [1.82, 2.24) is 10.5 Å². The molecule has 1 aromatic rings. The molecule has 86 valence electrons. The monoisotopic (exact) mass is 210 g/mol. The Hall–Kier alpha value is -1.29. The van der Waals surface area contributed by atoms with E-state index in [0.29, 0.717) is 0 Å². The van der Waals surface area contributed by atoms with E-state index in [-0.39, 0.29) is 0 Å². The highest BCUT2D eigenvalue weighted by atomic mass is 15.7. The molecular formula is C11H22N4. The molecule has 0 saturated carbocycles. The number of pyridine rings is 1. The van der Waals surface area contributed by atoms with Crippen molar-refractivity contribution in [3.63, 3.8) is 0 Å². The summed E-state index contributed by atoms with van der Waals surface area (Å²) >= 11 is 0. The Morgan fingerprint density at radius 1 is 1.20 bits per heavy atom. The van der Waals surface area contributed by atoms with Gasteiger partial charge in [0, 0.05) is 12.7 Å². The number of hydrazine groups is 2. The maximum atomic E-state index is 4.18. The van der Waals surface area contributed by atoms with Crippen molar-refractivity contribution in [2.45, 2.75) is 34.6 Å². The number of aryl methyl sites for hydroxylation is 1. The Labute approximate surface area is 92.6 Å². The zero-order valence-electron chi connectivity index (χ0n) is 10.5. The Kier molecular flexibility index (Phi) is 6.45. The lowest BCUT2D eigenvalue weighted by molar-refractivity contribution is 0.819. The molecule has 0 fully saturated rings. The Morgan fingerprint density at radius 2 is 1.80 bits per heavy atom. The van der Waals surface area contributed by atoms with Crippen LogP contribution in [-0.4, -0.2) is 12.0 Å². The van der Waals surface area contributed by atoms with Gasteiger partial charge in [-0.3, -0.25) is 9.99 Å². The van der Waals surface area contributed by atoms with Crippen molar-refractivity contribution in [3.05, 3.63) is 18.0 Å². The average Bonchev–Trinajstić information content (AvgIpc) is 2.65. The van der Waals surface area contributed by atoms with E-state index >= 15 is 0 Å². The van der Waals surface area contributed by atoms with Gasteiger partial charge in [-0.25, -0.2) is 0 Å². The number of anilines is 2. The highest BCUT2D eigenvalue weighted by molar-refractivity contribution is 5.71. The van der Waals surface area contributed by atoms with Crippen LogP contribution in [0, 0.1) is 6.92 Å². The molecule has 0 amide bonds. The van der Waals surface area contributed by atoms with E-state index in [1.165, 1.54) is 0 Å². The van der Waals surface area contributed by atoms with E-state index in [0.717, 1.165) is 17.1 Å². The zero-order valence-corrected chi connectivity index (χ0v) is 10.5. The predicted molar refractivity (Wildman–Crippen MR) is 66.8 cm³/mol. The number of nitrogens with zero attached hydrogens (tertiary/aromatic N) is 2. The molecule has 2 N–H and O–H groups in total. The highest BCUT2D eigenvalue weighted by Gasteiger charge is 2.13. The molecule has 15 heavy (non-hydrogen) atoms. The lowest BCUT2D eigenvalue weighted by Crippen LogP contribution is -2.31. The molecule has 4 nitrogen and oxygen atoms in total. The molecule has 0 spiro atoms. The standard InChI is InChI=1S/C7H10N4.2C2H6/c1-5-3-6-7(4-8-5)11(2)10-9-6;2*1-2/h3-4,9-10H,1-2H3;2*1-2H3. The van der Waals surface area contributed by atoms with Crippen molar-refractivity contribution in [2.24, 2.45) is 0 Å². The van der Waals surface area contributed by atoms with Crippen LogP contribution < -0.4 is 16.0 Å². The predicted octanol–water partition coefficient (Wildman–Crippen LogP) is 2.72. The van der Waals surface area contributed by atoms with Crippen molar-refractivity contribution in [3.8, 4) is 0 Å². The van der Waals surface area contributed by atoms with Crippen LogP contribution in [0.5, 0.6) is 0 Å². The van der Waals surface area contributed by atoms with Crippen LogP contribution in [0.1, 0.15) is 33.4 Å². The summed E-state index contributed by atoms with van der Waals surface area (Å²) in [5, 5.41) is 1.89. The fourth-order valence-corrected chi connectivity index (χ4v) is 1.12. The fraction of sp³-hybridized carbons (Fsp3) is 0.545. The van der Waals surface area contributed by atoms with Gasteiger partial charge in [-0.2, -0.15) is 0 Å². The molecule has 4 heteroatoms. The Morgan fingerprint density at radius 3 is 2.40 bits per heavy atom. The number of hydrogen-bond donors (Lipinski definition) is 2. The van der Waals surface area contributed by atoms with Crippen LogP contribution in [0.3, 0.4) is 0 Å². The quantitative estimate of drug-likeness (QED) is 0.690. The maximum Gasteiger partial charge on any atom is 0.0962 e. The number of hydrogen-bond acceptors (Lipinski definition) is 4. The molecule has 0 atom stereocenters. The summed E-state index contributed by atoms with van der Waals surface area (Å²) in [6.07, 6.45) is 1.84. The topological polar surface area (TPSA) is 40.2 Å². The molecule has 2 heterocycles. The third-order valence-corrected chi connectivity index (χ3v) is 1.74. The van der Waals surface area contributed by atoms with Crippen LogP contribution >= 0.6 is 0 Å². The normalized spacial score (nSPS) is 11.5. The van der Waals surface area contributed by atoms with Gasteiger partial charge in [0.25, 0.3) is 0 Å². The fourth-order valence-electron chi connectivity index (χ4n) is 1.12. The molecule has 1 aliphatic heterocycles. The first kappa shape index (κ1) is 13.7. The minimum atomic E-state index is 1.02. The first-order valence-corrected chi connectivity index (χ1v) is 5.49. The SMILES string of the molecule is CC.CC.Cc1cc2c(cn1)N(C)NN2. The van der Waals surface area contributed by atoms with Crippen LogP contribution in [0.25, 0.3) is 0 Å². The van der Waals surface area contributed by atoms with Gasteiger partial charge in [-0.1, -0.05) is 27.7 Å². The van der Waals surface area contributed by atoms with Crippen molar-refractivity contribution < 1.29 is 0 Å². The molecule has 1 aliphatic rings. The summed E-state index contributed by atoms with van der Waals surface area (Å²) in [5.41, 5.74) is 9.17. The van der Waals surface area contributed by atoms with Crippen LogP contribution in [0.2, 0.25) is 0 Å². The number of nitrogens with one attached hydrogen (secondary N) is 2. The number of rotatable bonds is 0. The molecule has 2 rings (SSSR count). The van der Waals surface area contributed by atoms with Crippen LogP contribution in [0.15, 0.2) is 12.3 Å². The van der Waals surface area contributed by atoms with Gasteiger partial charge < -0.3 is 5.43 Å². The van der Waals surface area contributed by atoms with Crippen molar-refractivity contribution in [2.75, 3.05) is 17.5 Å². The molecule has 0 aliphatic carbocycles. The first-order chi connectivity index (χ1) is 7.27. The van der Waals surface area contributed by atoms with Gasteiger partial charge in [0.2, 0.25) is 0 Å². The zero-order chi connectivity index (χ0) is 11.8. The van der Waals surface area contributed by atoms with Gasteiger partial charge in [-0.05, 0) is 13.0 Å². The summed E-state index contributed by atoms with van der Waals surface area (Å²) in [7, 11) is 1.94. The van der Waals surface area contributed by atoms with E-state index in [1.807, 2.05) is 58.9 Å². The van der Waals surface area contributed by atoms with Gasteiger partial charge in [0.15, 0.2) is 0 Å². The maximum absolute atomic E-state index is 4.18. The summed E-state index contributed by atoms with van der Waals surface area (Å²) < 4.78 is 0. The van der Waals surface area contributed by atoms with E-state index in [2.05, 4.69) is 15.9 Å². The molecule has 0 saturated heterocycles. The van der Waals surface area contributed by atoms with Crippen molar-refractivity contribution >= 4 is 11.4 Å². The van der Waals surface area contributed by atoms with Gasteiger partial charge in [-0.15, -0.1) is 5.53 Å². The largest absolute Gasteiger partial charge is 0.302 e. The second kappa shape index (κ2) is 7.06. The lowest BCUT2D eigenvalue weighted by atomic mass is 10.3. The van der Waals surface area contributed by atoms with Gasteiger partial charge in [0.05, 0.1) is 17.6 Å². The van der Waals surface area contributed by atoms with Gasteiger partial charge >= 0.3 is 0 Å². The number of aromatic nitrogens is 1. The Bertz CT molecular complexity index is 286. The van der Waals surface area contributed by atoms with Crippen molar-refractivity contribution in [1.29, 1.82) is 0 Å². The third-order valence-electron chi connectivity index (χ3n) is 1.74. The minimum absolute atomic E-state index is 1.02. The van der Waals surface area contributed by atoms with Gasteiger partial charge in [0.1, 0.15) is 0 Å². The Balaban J connectivity index is 0.000000442. The molecule has 0 unspecified atom stereocenters. The third kappa shape index (κ3) is 3.40. The second-order valence-corrected chi connectivity index (χ2v) is 2.64. The highest BCUT2D eigenvalue weighted by Crippen LogP contribution is 2.26. The second-order valence-electron chi connectivity index (χ2n) is 2.64. The molecule has 0 radical (unpaired) electrons. The lowest BCUT2D eigenvalue weighted by Gasteiger charge is -2.08. The van der Waals surface area contributed by atoms with E-state index in [1.54, 1.807) is 0 Å².